The summed E-state index contributed by atoms with van der Waals surface area (Å²) in [4.78, 5) is 10.7. The molecule has 12 heteroatoms. The Balaban J connectivity index is 1.52. The molecule has 0 saturated carbocycles. The van der Waals surface area contributed by atoms with Crippen molar-refractivity contribution in [2.75, 3.05) is 24.7 Å². The number of nitrogens with one attached hydrogen (secondary N) is 1. The van der Waals surface area contributed by atoms with Gasteiger partial charge in [-0.05, 0) is 18.1 Å². The lowest BCUT2D eigenvalue weighted by Crippen LogP contribution is -2.47. The van der Waals surface area contributed by atoms with Gasteiger partial charge in [-0.15, -0.1) is 0 Å². The predicted octanol–water partition coefficient (Wildman–Crippen LogP) is 4.47. The number of phenols is 1. The van der Waals surface area contributed by atoms with E-state index in [0.717, 1.165) is 5.56 Å². The molecule has 0 radical (unpaired) electrons. The topological polar surface area (TPSA) is 87.2 Å². The van der Waals surface area contributed by atoms with Crippen LogP contribution in [0.4, 0.5) is 27.9 Å². The number of aromatic hydroxyl groups is 1. The zero-order valence-electron chi connectivity index (χ0n) is 18.0. The highest BCUT2D eigenvalue weighted by Crippen LogP contribution is 2.41. The van der Waals surface area contributed by atoms with Crippen LogP contribution in [0.3, 0.4) is 0 Å². The Morgan fingerprint density at radius 2 is 1.91 bits per heavy atom. The van der Waals surface area contributed by atoms with Crippen LogP contribution >= 0.6 is 0 Å². The Hall–Kier alpha value is -3.80. The van der Waals surface area contributed by atoms with E-state index in [4.69, 9.17) is 4.74 Å². The van der Waals surface area contributed by atoms with Gasteiger partial charge in [0.2, 0.25) is 5.95 Å². The van der Waals surface area contributed by atoms with Gasteiger partial charge in [0.25, 0.3) is 0 Å². The Morgan fingerprint density at radius 1 is 1.14 bits per heavy atom. The van der Waals surface area contributed by atoms with Crippen LogP contribution in [0.15, 0.2) is 42.6 Å². The number of rotatable bonds is 4. The summed E-state index contributed by atoms with van der Waals surface area (Å²) in [5, 5.41) is 16.2. The summed E-state index contributed by atoms with van der Waals surface area (Å²) in [5.74, 6) is -5.05. The number of hydrogen-bond acceptors (Lipinski definition) is 6. The van der Waals surface area contributed by atoms with E-state index in [1.807, 2.05) is 35.2 Å². The van der Waals surface area contributed by atoms with Crippen molar-refractivity contribution in [3.05, 3.63) is 65.4 Å². The number of morpholine rings is 1. The third-order valence-electron chi connectivity index (χ3n) is 5.84. The van der Waals surface area contributed by atoms with Crippen molar-refractivity contribution in [2.45, 2.75) is 18.6 Å². The van der Waals surface area contributed by atoms with Crippen LogP contribution in [0.25, 0.3) is 22.3 Å². The highest BCUT2D eigenvalue weighted by atomic mass is 19.4. The number of hydrogen-bond donors (Lipinski definition) is 2. The monoisotopic (exact) mass is 491 g/mol. The van der Waals surface area contributed by atoms with E-state index in [1.165, 1.54) is 6.20 Å². The number of aromatic amines is 1. The standard InChI is InChI=1S/C23H18F5N5O2/c24-17-14(9-16(23(26,27)28)18(25)20(17)34)19-15-10-29-22(30-21(15)32-31-19)33-6-7-35-11-13(33)8-12-4-2-1-3-5-12/h1-5,9-10,13,34H,6-8,11H2,(H,29,30,31,32)/t13-/m1/s1. The van der Waals surface area contributed by atoms with E-state index in [9.17, 15) is 27.1 Å². The van der Waals surface area contributed by atoms with Gasteiger partial charge in [-0.3, -0.25) is 5.10 Å². The number of nitrogens with zero attached hydrogens (tertiary/aromatic N) is 4. The zero-order chi connectivity index (χ0) is 24.7. The van der Waals surface area contributed by atoms with Gasteiger partial charge in [0.15, 0.2) is 23.0 Å². The van der Waals surface area contributed by atoms with E-state index >= 15 is 0 Å². The Morgan fingerprint density at radius 3 is 2.66 bits per heavy atom. The minimum Gasteiger partial charge on any atom is -0.503 e. The first-order valence-corrected chi connectivity index (χ1v) is 10.6. The Labute approximate surface area is 195 Å². The molecule has 182 valence electrons. The van der Waals surface area contributed by atoms with Crippen molar-refractivity contribution in [3.8, 4) is 17.0 Å². The highest BCUT2D eigenvalue weighted by Gasteiger charge is 2.38. The molecule has 2 aromatic carbocycles. The van der Waals surface area contributed by atoms with Crippen molar-refractivity contribution in [1.29, 1.82) is 0 Å². The molecular weight excluding hydrogens is 473 g/mol. The quantitative estimate of drug-likeness (QED) is 0.410. The average Bonchev–Trinajstić information content (AvgIpc) is 3.26. The molecule has 0 amide bonds. The van der Waals surface area contributed by atoms with Gasteiger partial charge in [-0.2, -0.15) is 23.3 Å². The van der Waals surface area contributed by atoms with Gasteiger partial charge >= 0.3 is 6.18 Å². The molecule has 0 aliphatic carbocycles. The van der Waals surface area contributed by atoms with Crippen LogP contribution < -0.4 is 4.90 Å². The average molecular weight is 491 g/mol. The minimum atomic E-state index is -5.15. The number of phenolic OH excluding ortho intramolecular Hbond substituents is 1. The number of alkyl halides is 3. The second-order valence-electron chi connectivity index (χ2n) is 8.06. The Kier molecular flexibility index (Phi) is 5.75. The summed E-state index contributed by atoms with van der Waals surface area (Å²) in [6.07, 6.45) is -3.17. The lowest BCUT2D eigenvalue weighted by Gasteiger charge is -2.35. The maximum Gasteiger partial charge on any atom is 0.419 e. The molecule has 2 aromatic heterocycles. The molecule has 1 aliphatic rings. The van der Waals surface area contributed by atoms with Crippen LogP contribution in [0.1, 0.15) is 11.1 Å². The van der Waals surface area contributed by atoms with Gasteiger partial charge in [0.05, 0.1) is 30.2 Å². The number of fused-ring (bicyclic) bond motifs is 1. The minimum absolute atomic E-state index is 0.0631. The first-order chi connectivity index (χ1) is 16.7. The van der Waals surface area contributed by atoms with Gasteiger partial charge in [0, 0.05) is 18.3 Å². The van der Waals surface area contributed by atoms with Gasteiger partial charge in [-0.25, -0.2) is 13.8 Å². The van der Waals surface area contributed by atoms with Gasteiger partial charge in [0.1, 0.15) is 5.69 Å². The van der Waals surface area contributed by atoms with E-state index in [-0.39, 0.29) is 28.8 Å². The first-order valence-electron chi connectivity index (χ1n) is 10.6. The predicted molar refractivity (Wildman–Crippen MR) is 116 cm³/mol. The van der Waals surface area contributed by atoms with Crippen LogP contribution in [0, 0.1) is 11.6 Å². The van der Waals surface area contributed by atoms with Crippen molar-refractivity contribution in [2.24, 2.45) is 0 Å². The molecule has 1 saturated heterocycles. The summed E-state index contributed by atoms with van der Waals surface area (Å²) < 4.78 is 73.7. The zero-order valence-corrected chi connectivity index (χ0v) is 18.0. The van der Waals surface area contributed by atoms with Gasteiger partial charge in [-0.1, -0.05) is 30.3 Å². The van der Waals surface area contributed by atoms with Crippen LogP contribution in [0.5, 0.6) is 5.75 Å². The second kappa shape index (κ2) is 8.77. The third kappa shape index (κ3) is 4.25. The molecule has 1 aliphatic heterocycles. The summed E-state index contributed by atoms with van der Waals surface area (Å²) in [6.45, 7) is 1.42. The summed E-state index contributed by atoms with van der Waals surface area (Å²) >= 11 is 0. The van der Waals surface area contributed by atoms with Crippen LogP contribution in [-0.4, -0.2) is 51.1 Å². The number of aromatic nitrogens is 4. The first kappa shape index (κ1) is 23.0. The van der Waals surface area contributed by atoms with Crippen molar-refractivity contribution in [3.63, 3.8) is 0 Å². The van der Waals surface area contributed by atoms with Crippen molar-refractivity contribution >= 4 is 17.0 Å². The normalized spacial score (nSPS) is 16.7. The SMILES string of the molecule is Oc1c(F)c(-c2n[nH]c3nc(N4CCOC[C@H]4Cc4ccccc4)ncc23)cc(C(F)(F)F)c1F. The molecule has 0 unspecified atom stereocenters. The van der Waals surface area contributed by atoms with Crippen LogP contribution in [0.2, 0.25) is 0 Å². The summed E-state index contributed by atoms with van der Waals surface area (Å²) in [7, 11) is 0. The molecule has 0 bridgehead atoms. The van der Waals surface area contributed by atoms with E-state index in [1.54, 1.807) is 0 Å². The molecule has 3 heterocycles. The smallest absolute Gasteiger partial charge is 0.419 e. The molecule has 1 fully saturated rings. The molecule has 1 atom stereocenters. The fourth-order valence-electron chi connectivity index (χ4n) is 4.12. The highest BCUT2D eigenvalue weighted by molar-refractivity contribution is 5.91. The number of anilines is 1. The van der Waals surface area contributed by atoms with Crippen molar-refractivity contribution < 1.29 is 31.8 Å². The third-order valence-corrected chi connectivity index (χ3v) is 5.84. The molecule has 7 nitrogen and oxygen atoms in total. The second-order valence-corrected chi connectivity index (χ2v) is 8.06. The number of H-pyrrole nitrogens is 1. The molecule has 2 N–H and O–H groups in total. The number of halogens is 5. The largest absolute Gasteiger partial charge is 0.503 e. The molecule has 5 rings (SSSR count). The number of benzene rings is 2. The Bertz CT molecular complexity index is 1380. The number of ether oxygens (including phenoxy) is 1. The summed E-state index contributed by atoms with van der Waals surface area (Å²) in [6, 6.07) is 10.0. The fraction of sp³-hybridized carbons (Fsp3) is 0.261. The maximum absolute atomic E-state index is 14.6. The van der Waals surface area contributed by atoms with E-state index in [2.05, 4.69) is 20.2 Å². The fourth-order valence-corrected chi connectivity index (χ4v) is 4.12. The van der Waals surface area contributed by atoms with Gasteiger partial charge < -0.3 is 14.7 Å². The van der Waals surface area contributed by atoms with Crippen LogP contribution in [-0.2, 0) is 17.3 Å². The van der Waals surface area contributed by atoms with E-state index < -0.39 is 34.7 Å². The molecule has 35 heavy (non-hydrogen) atoms. The molecule has 0 spiro atoms. The molecule has 4 aromatic rings. The lowest BCUT2D eigenvalue weighted by molar-refractivity contribution is -0.140. The molecular formula is C23H18F5N5O2. The lowest BCUT2D eigenvalue weighted by atomic mass is 10.0. The van der Waals surface area contributed by atoms with Crippen molar-refractivity contribution in [1.82, 2.24) is 20.2 Å². The van der Waals surface area contributed by atoms with E-state index in [0.29, 0.717) is 32.1 Å². The summed E-state index contributed by atoms with van der Waals surface area (Å²) in [5.41, 5.74) is -1.58. The maximum atomic E-state index is 14.6.